The second kappa shape index (κ2) is 6.73. The molecule has 1 aromatic carbocycles. The van der Waals surface area contributed by atoms with E-state index in [2.05, 4.69) is 10.2 Å². The van der Waals surface area contributed by atoms with Gasteiger partial charge in [-0.05, 0) is 17.7 Å². The zero-order valence-corrected chi connectivity index (χ0v) is 10.9. The van der Waals surface area contributed by atoms with Gasteiger partial charge in [-0.15, -0.1) is 0 Å². The van der Waals surface area contributed by atoms with Gasteiger partial charge in [-0.3, -0.25) is 9.69 Å². The molecule has 0 atom stereocenters. The molecule has 0 saturated carbocycles. The quantitative estimate of drug-likeness (QED) is 0.895. The Balaban J connectivity index is 1.74. The maximum Gasteiger partial charge on any atom is 0.234 e. The van der Waals surface area contributed by atoms with E-state index in [4.69, 9.17) is 16.3 Å². The van der Waals surface area contributed by atoms with E-state index >= 15 is 0 Å². The van der Waals surface area contributed by atoms with Gasteiger partial charge in [0.1, 0.15) is 0 Å². The third-order valence-corrected chi connectivity index (χ3v) is 3.08. The van der Waals surface area contributed by atoms with E-state index in [0.29, 0.717) is 31.3 Å². The molecular weight excluding hydrogens is 252 g/mol. The first-order chi connectivity index (χ1) is 8.74. The van der Waals surface area contributed by atoms with Crippen LogP contribution in [0.1, 0.15) is 5.56 Å². The van der Waals surface area contributed by atoms with Crippen LogP contribution in [0, 0.1) is 0 Å². The number of carbonyl (C=O) groups excluding carboxylic acids is 1. The predicted octanol–water partition coefficient (Wildman–Crippen LogP) is 1.29. The Morgan fingerprint density at radius 2 is 2.17 bits per heavy atom. The number of hydrogen-bond donors (Lipinski definition) is 1. The molecule has 1 fully saturated rings. The number of hydrogen-bond acceptors (Lipinski definition) is 3. The van der Waals surface area contributed by atoms with Gasteiger partial charge in [0, 0.05) is 24.7 Å². The van der Waals surface area contributed by atoms with Gasteiger partial charge in [-0.2, -0.15) is 0 Å². The molecule has 0 bridgehead atoms. The van der Waals surface area contributed by atoms with E-state index in [0.717, 1.165) is 18.7 Å². The van der Waals surface area contributed by atoms with Crippen LogP contribution in [0.3, 0.4) is 0 Å². The number of nitrogens with zero attached hydrogens (tertiary/aromatic N) is 1. The van der Waals surface area contributed by atoms with Crippen molar-refractivity contribution < 1.29 is 9.53 Å². The van der Waals surface area contributed by atoms with Gasteiger partial charge in [0.2, 0.25) is 5.91 Å². The molecule has 1 heterocycles. The van der Waals surface area contributed by atoms with Crippen LogP contribution in [-0.2, 0) is 16.1 Å². The van der Waals surface area contributed by atoms with Gasteiger partial charge < -0.3 is 10.1 Å². The molecule has 1 amide bonds. The summed E-state index contributed by atoms with van der Waals surface area (Å²) in [6.07, 6.45) is 0. The molecule has 0 aromatic heterocycles. The summed E-state index contributed by atoms with van der Waals surface area (Å²) in [6, 6.07) is 7.50. The van der Waals surface area contributed by atoms with Gasteiger partial charge >= 0.3 is 0 Å². The highest BCUT2D eigenvalue weighted by molar-refractivity contribution is 6.30. The first kappa shape index (κ1) is 13.3. The van der Waals surface area contributed by atoms with Crippen LogP contribution < -0.4 is 5.32 Å². The minimum absolute atomic E-state index is 0.0388. The van der Waals surface area contributed by atoms with Crippen LogP contribution >= 0.6 is 11.6 Å². The van der Waals surface area contributed by atoms with E-state index < -0.39 is 0 Å². The Hall–Kier alpha value is -1.10. The highest BCUT2D eigenvalue weighted by atomic mass is 35.5. The van der Waals surface area contributed by atoms with Crippen molar-refractivity contribution in [3.63, 3.8) is 0 Å². The topological polar surface area (TPSA) is 41.6 Å². The maximum atomic E-state index is 11.7. The summed E-state index contributed by atoms with van der Waals surface area (Å²) in [5, 5.41) is 3.58. The molecule has 1 saturated heterocycles. The molecule has 1 aliphatic rings. The summed E-state index contributed by atoms with van der Waals surface area (Å²) in [4.78, 5) is 13.8. The van der Waals surface area contributed by atoms with E-state index in [1.165, 1.54) is 0 Å². The molecule has 0 radical (unpaired) electrons. The number of amides is 1. The zero-order chi connectivity index (χ0) is 12.8. The lowest BCUT2D eigenvalue weighted by Crippen LogP contribution is -2.43. The fraction of sp³-hybridized carbons (Fsp3) is 0.462. The summed E-state index contributed by atoms with van der Waals surface area (Å²) in [5.74, 6) is 0.0388. The SMILES string of the molecule is O=C(CN1CCOCC1)NCc1cccc(Cl)c1. The van der Waals surface area contributed by atoms with Gasteiger partial charge in [0.15, 0.2) is 0 Å². The zero-order valence-electron chi connectivity index (χ0n) is 10.2. The van der Waals surface area contributed by atoms with Crippen molar-refractivity contribution in [3.05, 3.63) is 34.9 Å². The van der Waals surface area contributed by atoms with Crippen LogP contribution in [0.5, 0.6) is 0 Å². The van der Waals surface area contributed by atoms with Crippen molar-refractivity contribution in [2.24, 2.45) is 0 Å². The maximum absolute atomic E-state index is 11.7. The minimum Gasteiger partial charge on any atom is -0.379 e. The molecule has 98 valence electrons. The molecular formula is C13H17ClN2O2. The molecule has 1 N–H and O–H groups in total. The molecule has 4 nitrogen and oxygen atoms in total. The average molecular weight is 269 g/mol. The van der Waals surface area contributed by atoms with Gasteiger partial charge in [0.25, 0.3) is 0 Å². The van der Waals surface area contributed by atoms with Crippen LogP contribution in [0.25, 0.3) is 0 Å². The number of halogens is 1. The Bertz CT molecular complexity index is 406. The van der Waals surface area contributed by atoms with Crippen molar-refractivity contribution in [2.45, 2.75) is 6.54 Å². The summed E-state index contributed by atoms with van der Waals surface area (Å²) >= 11 is 5.88. The lowest BCUT2D eigenvalue weighted by atomic mass is 10.2. The van der Waals surface area contributed by atoms with Crippen molar-refractivity contribution in [1.29, 1.82) is 0 Å². The molecule has 18 heavy (non-hydrogen) atoms. The van der Waals surface area contributed by atoms with Gasteiger partial charge in [0.05, 0.1) is 19.8 Å². The second-order valence-corrected chi connectivity index (χ2v) is 4.73. The van der Waals surface area contributed by atoms with Crippen molar-refractivity contribution >= 4 is 17.5 Å². The monoisotopic (exact) mass is 268 g/mol. The third-order valence-electron chi connectivity index (χ3n) is 2.85. The van der Waals surface area contributed by atoms with Crippen LogP contribution in [-0.4, -0.2) is 43.7 Å². The van der Waals surface area contributed by atoms with E-state index in [1.54, 1.807) is 0 Å². The second-order valence-electron chi connectivity index (χ2n) is 4.30. The first-order valence-electron chi connectivity index (χ1n) is 6.05. The molecule has 1 aliphatic heterocycles. The smallest absolute Gasteiger partial charge is 0.234 e. The molecule has 2 rings (SSSR count). The Labute approximate surface area is 112 Å². The number of carbonyl (C=O) groups is 1. The first-order valence-corrected chi connectivity index (χ1v) is 6.43. The van der Waals surface area contributed by atoms with Gasteiger partial charge in [-0.25, -0.2) is 0 Å². The Kier molecular flexibility index (Phi) is 4.99. The Morgan fingerprint density at radius 1 is 1.39 bits per heavy atom. The standard InChI is InChI=1S/C13H17ClN2O2/c14-12-3-1-2-11(8-12)9-15-13(17)10-16-4-6-18-7-5-16/h1-3,8H,4-7,9-10H2,(H,15,17). The van der Waals surface area contributed by atoms with Crippen LogP contribution in [0.2, 0.25) is 5.02 Å². The highest BCUT2D eigenvalue weighted by Crippen LogP contribution is 2.10. The summed E-state index contributed by atoms with van der Waals surface area (Å²) in [5.41, 5.74) is 1.01. The average Bonchev–Trinajstić information content (AvgIpc) is 2.38. The highest BCUT2D eigenvalue weighted by Gasteiger charge is 2.13. The Morgan fingerprint density at radius 3 is 2.89 bits per heavy atom. The summed E-state index contributed by atoms with van der Waals surface area (Å²) < 4.78 is 5.24. The van der Waals surface area contributed by atoms with Crippen LogP contribution in [0.15, 0.2) is 24.3 Å². The number of benzene rings is 1. The molecule has 0 spiro atoms. The lowest BCUT2D eigenvalue weighted by Gasteiger charge is -2.25. The number of rotatable bonds is 4. The molecule has 1 aromatic rings. The van der Waals surface area contributed by atoms with Crippen molar-refractivity contribution in [2.75, 3.05) is 32.8 Å². The summed E-state index contributed by atoms with van der Waals surface area (Å²) in [6.45, 7) is 4.02. The molecule has 5 heteroatoms. The van der Waals surface area contributed by atoms with Crippen LogP contribution in [0.4, 0.5) is 0 Å². The van der Waals surface area contributed by atoms with Crippen molar-refractivity contribution in [1.82, 2.24) is 10.2 Å². The number of morpholine rings is 1. The number of ether oxygens (including phenoxy) is 1. The lowest BCUT2D eigenvalue weighted by molar-refractivity contribution is -0.123. The van der Waals surface area contributed by atoms with Gasteiger partial charge in [-0.1, -0.05) is 23.7 Å². The summed E-state index contributed by atoms with van der Waals surface area (Å²) in [7, 11) is 0. The van der Waals surface area contributed by atoms with E-state index in [1.807, 2.05) is 24.3 Å². The predicted molar refractivity (Wildman–Crippen MR) is 70.6 cm³/mol. The van der Waals surface area contributed by atoms with Crippen molar-refractivity contribution in [3.8, 4) is 0 Å². The van der Waals surface area contributed by atoms with E-state index in [9.17, 15) is 4.79 Å². The fourth-order valence-corrected chi connectivity index (χ4v) is 2.08. The number of nitrogens with one attached hydrogen (secondary N) is 1. The van der Waals surface area contributed by atoms with E-state index in [-0.39, 0.29) is 5.91 Å². The molecule has 0 aliphatic carbocycles. The normalized spacial score (nSPS) is 16.5. The largest absolute Gasteiger partial charge is 0.379 e. The third kappa shape index (κ3) is 4.29. The minimum atomic E-state index is 0.0388. The molecule has 0 unspecified atom stereocenters. The fourth-order valence-electron chi connectivity index (χ4n) is 1.87.